The molecule has 0 fully saturated rings. The van der Waals surface area contributed by atoms with Crippen LogP contribution in [0.4, 0.5) is 0 Å². The van der Waals surface area contributed by atoms with Crippen molar-refractivity contribution < 1.29 is 5.11 Å². The largest absolute Gasteiger partial charge is 0.230 e. The van der Waals surface area contributed by atoms with Gasteiger partial charge in [-0.05, 0) is 27.2 Å². The number of hydrogen-bond donors (Lipinski definition) is 0. The Morgan fingerprint density at radius 1 is 1.50 bits per heavy atom. The van der Waals surface area contributed by atoms with Gasteiger partial charge < -0.3 is 0 Å². The topological polar surface area (TPSA) is 19.9 Å². The van der Waals surface area contributed by atoms with Gasteiger partial charge in [0.2, 0.25) is 0 Å². The minimum Gasteiger partial charge on any atom is -0.230 e. The van der Waals surface area contributed by atoms with Gasteiger partial charge in [0.05, 0.1) is 0 Å². The summed E-state index contributed by atoms with van der Waals surface area (Å²) in [6.07, 6.45) is 4.43. The van der Waals surface area contributed by atoms with Gasteiger partial charge >= 0.3 is 0 Å². The molecule has 0 heterocycles. The maximum atomic E-state index is 10.8. The first kappa shape index (κ1) is 7.70. The predicted octanol–water partition coefficient (Wildman–Crippen LogP) is 2.16. The number of rotatable bonds is 2. The van der Waals surface area contributed by atoms with E-state index in [2.05, 4.69) is 0 Å². The zero-order chi connectivity index (χ0) is 6.62. The quantitative estimate of drug-likeness (QED) is 0.489. The van der Waals surface area contributed by atoms with E-state index in [0.717, 1.165) is 0 Å². The molecule has 0 aromatic heterocycles. The van der Waals surface area contributed by atoms with Crippen LogP contribution in [0, 0.1) is 0 Å². The maximum absolute atomic E-state index is 10.8. The van der Waals surface area contributed by atoms with E-state index >= 15 is 0 Å². The molecule has 8 heavy (non-hydrogen) atoms. The summed E-state index contributed by atoms with van der Waals surface area (Å²) in [7, 11) is 0. The summed E-state index contributed by atoms with van der Waals surface area (Å²) in [5.41, 5.74) is -0.785. The Kier molecular flexibility index (Phi) is 2.77. The van der Waals surface area contributed by atoms with Crippen LogP contribution in [0.2, 0.25) is 0 Å². The molecule has 0 saturated carbocycles. The molecule has 1 heteroatoms. The maximum Gasteiger partial charge on any atom is 0.101 e. The first-order valence-corrected chi connectivity index (χ1v) is 2.88. The van der Waals surface area contributed by atoms with E-state index in [9.17, 15) is 5.11 Å². The minimum absolute atomic E-state index is 0.628. The van der Waals surface area contributed by atoms with Gasteiger partial charge in [-0.3, -0.25) is 0 Å². The van der Waals surface area contributed by atoms with E-state index in [1.54, 1.807) is 13.8 Å². The van der Waals surface area contributed by atoms with Crippen molar-refractivity contribution in [2.75, 3.05) is 0 Å². The lowest BCUT2D eigenvalue weighted by atomic mass is 10.1. The van der Waals surface area contributed by atoms with Crippen LogP contribution in [0.15, 0.2) is 12.2 Å². The third-order valence-corrected chi connectivity index (χ3v) is 0.845. The van der Waals surface area contributed by atoms with E-state index in [4.69, 9.17) is 0 Å². The Morgan fingerprint density at radius 2 is 2.00 bits per heavy atom. The van der Waals surface area contributed by atoms with Crippen LogP contribution < -0.4 is 0 Å². The van der Waals surface area contributed by atoms with E-state index in [-0.39, 0.29) is 0 Å². The highest BCUT2D eigenvalue weighted by atomic mass is 16.3. The molecule has 0 aliphatic heterocycles. The molecule has 0 saturated heterocycles. The molecule has 0 spiro atoms. The zero-order valence-electron chi connectivity index (χ0n) is 5.77. The van der Waals surface area contributed by atoms with Gasteiger partial charge in [0.15, 0.2) is 0 Å². The number of allylic oxidation sites excluding steroid dienone is 1. The van der Waals surface area contributed by atoms with Crippen LogP contribution in [0.5, 0.6) is 0 Å². The summed E-state index contributed by atoms with van der Waals surface area (Å²) in [5, 5.41) is 10.8. The lowest BCUT2D eigenvalue weighted by Gasteiger charge is -2.08. The van der Waals surface area contributed by atoms with E-state index in [1.807, 2.05) is 19.1 Å². The molecule has 0 aromatic carbocycles. The van der Waals surface area contributed by atoms with Crippen LogP contribution in [0.25, 0.3) is 0 Å². The molecule has 0 aliphatic rings. The van der Waals surface area contributed by atoms with Gasteiger partial charge in [-0.1, -0.05) is 12.2 Å². The first-order valence-electron chi connectivity index (χ1n) is 2.88. The molecule has 47 valence electrons. The van der Waals surface area contributed by atoms with Gasteiger partial charge in [0, 0.05) is 0 Å². The van der Waals surface area contributed by atoms with Crippen molar-refractivity contribution in [2.24, 2.45) is 0 Å². The van der Waals surface area contributed by atoms with Gasteiger partial charge in [0.1, 0.15) is 5.60 Å². The molecule has 0 bridgehead atoms. The third kappa shape index (κ3) is 5.70. The summed E-state index contributed by atoms with van der Waals surface area (Å²) in [6.45, 7) is 5.30. The molecule has 0 amide bonds. The van der Waals surface area contributed by atoms with Crippen LogP contribution in [-0.2, 0) is 5.11 Å². The Balaban J connectivity index is 3.39. The second-order valence-corrected chi connectivity index (χ2v) is 2.53. The Morgan fingerprint density at radius 3 is 2.12 bits per heavy atom. The molecular weight excluding hydrogens is 100 g/mol. The fourth-order valence-corrected chi connectivity index (χ4v) is 0.402. The molecule has 0 aliphatic carbocycles. The Hall–Kier alpha value is -0.300. The monoisotopic (exact) mass is 113 g/mol. The van der Waals surface area contributed by atoms with Gasteiger partial charge in [-0.25, -0.2) is 5.11 Å². The highest BCUT2D eigenvalue weighted by Gasteiger charge is 2.10. The zero-order valence-corrected chi connectivity index (χ0v) is 5.77. The average molecular weight is 113 g/mol. The average Bonchev–Trinajstić information content (AvgIpc) is 1.59. The van der Waals surface area contributed by atoms with Crippen molar-refractivity contribution in [3.05, 3.63) is 12.2 Å². The van der Waals surface area contributed by atoms with Gasteiger partial charge in [-0.15, -0.1) is 0 Å². The van der Waals surface area contributed by atoms with Crippen molar-refractivity contribution in [2.45, 2.75) is 32.8 Å². The summed E-state index contributed by atoms with van der Waals surface area (Å²) in [5.74, 6) is 0. The molecule has 0 aromatic rings. The lowest BCUT2D eigenvalue weighted by molar-refractivity contribution is 0.00709. The normalized spacial score (nSPS) is 13.0. The summed E-state index contributed by atoms with van der Waals surface area (Å²) >= 11 is 0. The summed E-state index contributed by atoms with van der Waals surface area (Å²) in [6, 6.07) is 0. The van der Waals surface area contributed by atoms with E-state index in [0.29, 0.717) is 6.42 Å². The first-order chi connectivity index (χ1) is 3.56. The fraction of sp³-hybridized carbons (Fsp3) is 0.714. The van der Waals surface area contributed by atoms with Gasteiger partial charge in [0.25, 0.3) is 0 Å². The van der Waals surface area contributed by atoms with Crippen LogP contribution in [-0.4, -0.2) is 5.60 Å². The highest BCUT2D eigenvalue weighted by Crippen LogP contribution is 2.07. The predicted molar refractivity (Wildman–Crippen MR) is 34.2 cm³/mol. The molecule has 1 nitrogen and oxygen atoms in total. The molecular formula is C7H13O. The molecule has 0 unspecified atom stereocenters. The van der Waals surface area contributed by atoms with E-state index < -0.39 is 5.60 Å². The van der Waals surface area contributed by atoms with Crippen LogP contribution in [0.1, 0.15) is 27.2 Å². The Labute approximate surface area is 51.0 Å². The summed E-state index contributed by atoms with van der Waals surface area (Å²) in [4.78, 5) is 0. The van der Waals surface area contributed by atoms with E-state index in [1.165, 1.54) is 0 Å². The third-order valence-electron chi connectivity index (χ3n) is 0.845. The summed E-state index contributed by atoms with van der Waals surface area (Å²) < 4.78 is 0. The Bertz CT molecular complexity index is 76.9. The van der Waals surface area contributed by atoms with Crippen molar-refractivity contribution in [3.8, 4) is 0 Å². The SMILES string of the molecule is CC=CCC(C)(C)[O]. The minimum atomic E-state index is -0.785. The molecule has 0 atom stereocenters. The van der Waals surface area contributed by atoms with Crippen LogP contribution >= 0.6 is 0 Å². The standard InChI is InChI=1S/C7H13O/c1-4-5-6-7(2,3)8/h4-5H,6H2,1-3H3. The fourth-order valence-electron chi connectivity index (χ4n) is 0.402. The molecule has 0 rings (SSSR count). The highest BCUT2D eigenvalue weighted by molar-refractivity contribution is 4.83. The van der Waals surface area contributed by atoms with Crippen molar-refractivity contribution in [1.29, 1.82) is 0 Å². The molecule has 1 radical (unpaired) electrons. The lowest BCUT2D eigenvalue weighted by Crippen LogP contribution is -2.14. The second kappa shape index (κ2) is 2.88. The van der Waals surface area contributed by atoms with Crippen molar-refractivity contribution in [1.82, 2.24) is 0 Å². The molecule has 0 N–H and O–H groups in total. The van der Waals surface area contributed by atoms with Crippen molar-refractivity contribution in [3.63, 3.8) is 0 Å². The smallest absolute Gasteiger partial charge is 0.101 e. The second-order valence-electron chi connectivity index (χ2n) is 2.53. The van der Waals surface area contributed by atoms with Crippen LogP contribution in [0.3, 0.4) is 0 Å². The van der Waals surface area contributed by atoms with Gasteiger partial charge in [-0.2, -0.15) is 0 Å². The number of hydrogen-bond acceptors (Lipinski definition) is 0. The van der Waals surface area contributed by atoms with Crippen molar-refractivity contribution >= 4 is 0 Å².